The fourth-order valence-corrected chi connectivity index (χ4v) is 4.35. The number of para-hydroxylation sites is 1. The second kappa shape index (κ2) is 7.69. The van der Waals surface area contributed by atoms with Gasteiger partial charge in [0.05, 0.1) is 21.4 Å². The van der Waals surface area contributed by atoms with E-state index in [0.29, 0.717) is 0 Å². The lowest BCUT2D eigenvalue weighted by molar-refractivity contribution is -0.386. The molecular weight excluding hydrogens is 427 g/mol. The molecule has 30 heavy (non-hydrogen) atoms. The van der Waals surface area contributed by atoms with Crippen LogP contribution in [-0.4, -0.2) is 45.2 Å². The molecule has 1 aliphatic heterocycles. The second-order valence-corrected chi connectivity index (χ2v) is 7.48. The third kappa shape index (κ3) is 3.31. The zero-order chi connectivity index (χ0) is 22.3. The highest BCUT2D eigenvalue weighted by molar-refractivity contribution is 7.12. The number of amides is 2. The Labute approximate surface area is 172 Å². The number of ketones is 1. The van der Waals surface area contributed by atoms with Crippen LogP contribution in [0.4, 0.5) is 23.7 Å². The largest absolute Gasteiger partial charge is 0.437 e. The first kappa shape index (κ1) is 21.7. The van der Waals surface area contributed by atoms with E-state index >= 15 is 0 Å². The SMILES string of the molecule is CCN1C(=O)N[C@H](c2ccccc2[N+](=O)[O-])[C@H](C(=O)c2cccs2)[C@@]1(O)C(F)(F)F. The summed E-state index contributed by atoms with van der Waals surface area (Å²) in [6.45, 7) is 0.661. The van der Waals surface area contributed by atoms with Crippen LogP contribution < -0.4 is 5.32 Å². The highest BCUT2D eigenvalue weighted by atomic mass is 32.1. The molecule has 1 aliphatic rings. The van der Waals surface area contributed by atoms with E-state index in [-0.39, 0.29) is 15.3 Å². The fourth-order valence-electron chi connectivity index (χ4n) is 3.64. The maximum absolute atomic E-state index is 14.2. The van der Waals surface area contributed by atoms with Crippen molar-refractivity contribution in [3.63, 3.8) is 0 Å². The molecule has 0 radical (unpaired) electrons. The lowest BCUT2D eigenvalue weighted by atomic mass is 9.77. The number of aliphatic hydroxyl groups is 1. The van der Waals surface area contributed by atoms with E-state index in [0.717, 1.165) is 23.5 Å². The Morgan fingerprint density at radius 2 is 2.00 bits per heavy atom. The topological polar surface area (TPSA) is 113 Å². The molecule has 12 heteroatoms. The normalized spacial score (nSPS) is 24.4. The molecule has 1 saturated heterocycles. The van der Waals surface area contributed by atoms with Crippen LogP contribution in [0, 0.1) is 16.0 Å². The van der Waals surface area contributed by atoms with E-state index < -0.39 is 52.8 Å². The van der Waals surface area contributed by atoms with E-state index in [1.807, 2.05) is 0 Å². The summed E-state index contributed by atoms with van der Waals surface area (Å²) in [5.74, 6) is -3.37. The van der Waals surface area contributed by atoms with Crippen LogP contribution in [0.15, 0.2) is 41.8 Å². The zero-order valence-electron chi connectivity index (χ0n) is 15.4. The van der Waals surface area contributed by atoms with E-state index in [9.17, 15) is 38.0 Å². The lowest BCUT2D eigenvalue weighted by Gasteiger charge is -2.50. The number of rotatable bonds is 5. The second-order valence-electron chi connectivity index (χ2n) is 6.53. The van der Waals surface area contributed by atoms with Gasteiger partial charge in [-0.15, -0.1) is 11.3 Å². The molecule has 2 heterocycles. The van der Waals surface area contributed by atoms with Crippen LogP contribution in [0.2, 0.25) is 0 Å². The third-order valence-corrected chi connectivity index (χ3v) is 5.84. The molecule has 2 amide bonds. The number of nitrogens with one attached hydrogen (secondary N) is 1. The van der Waals surface area contributed by atoms with Crippen molar-refractivity contribution in [3.05, 3.63) is 62.3 Å². The Bertz CT molecular complexity index is 982. The van der Waals surface area contributed by atoms with Gasteiger partial charge in [-0.05, 0) is 18.4 Å². The first-order chi connectivity index (χ1) is 14.0. The summed E-state index contributed by atoms with van der Waals surface area (Å²) >= 11 is 0.860. The number of hydrogen-bond donors (Lipinski definition) is 2. The van der Waals surface area contributed by atoms with Gasteiger partial charge in [-0.25, -0.2) is 4.79 Å². The van der Waals surface area contributed by atoms with E-state index in [4.69, 9.17) is 0 Å². The van der Waals surface area contributed by atoms with Crippen molar-refractivity contribution in [2.24, 2.45) is 5.92 Å². The van der Waals surface area contributed by atoms with Crippen LogP contribution >= 0.6 is 11.3 Å². The van der Waals surface area contributed by atoms with Gasteiger partial charge >= 0.3 is 12.2 Å². The predicted molar refractivity (Wildman–Crippen MR) is 99.9 cm³/mol. The average molecular weight is 443 g/mol. The highest BCUT2D eigenvalue weighted by Crippen LogP contribution is 2.49. The van der Waals surface area contributed by atoms with Crippen LogP contribution in [0.1, 0.15) is 28.2 Å². The number of benzene rings is 1. The summed E-state index contributed by atoms with van der Waals surface area (Å²) in [4.78, 5) is 36.3. The molecule has 0 unspecified atom stereocenters. The van der Waals surface area contributed by atoms with Crippen molar-refractivity contribution in [1.29, 1.82) is 0 Å². The van der Waals surface area contributed by atoms with Crippen molar-refractivity contribution in [3.8, 4) is 0 Å². The molecule has 1 aromatic carbocycles. The first-order valence-electron chi connectivity index (χ1n) is 8.72. The van der Waals surface area contributed by atoms with E-state index in [2.05, 4.69) is 5.32 Å². The molecule has 1 aromatic heterocycles. The monoisotopic (exact) mass is 443 g/mol. The molecule has 0 spiro atoms. The molecule has 8 nitrogen and oxygen atoms in total. The van der Waals surface area contributed by atoms with Gasteiger partial charge in [0.2, 0.25) is 0 Å². The average Bonchev–Trinajstić information content (AvgIpc) is 3.21. The maximum atomic E-state index is 14.2. The van der Waals surface area contributed by atoms with Gasteiger partial charge in [0.15, 0.2) is 5.78 Å². The molecule has 0 saturated carbocycles. The highest BCUT2D eigenvalue weighted by Gasteiger charge is 2.70. The molecule has 2 N–H and O–H groups in total. The summed E-state index contributed by atoms with van der Waals surface area (Å²) in [6.07, 6.45) is -5.42. The van der Waals surface area contributed by atoms with Crippen molar-refractivity contribution in [2.45, 2.75) is 24.9 Å². The minimum absolute atomic E-state index is 0.0848. The Balaban J connectivity index is 2.29. The number of halogens is 3. The summed E-state index contributed by atoms with van der Waals surface area (Å²) in [5, 5.41) is 26.1. The van der Waals surface area contributed by atoms with Crippen molar-refractivity contribution >= 4 is 28.8 Å². The molecule has 3 atom stereocenters. The number of thiophene rings is 1. The molecule has 0 bridgehead atoms. The predicted octanol–water partition coefficient (Wildman–Crippen LogP) is 3.49. The van der Waals surface area contributed by atoms with E-state index in [1.54, 1.807) is 0 Å². The van der Waals surface area contributed by atoms with Crippen LogP contribution in [0.5, 0.6) is 0 Å². The number of hydrogen-bond acceptors (Lipinski definition) is 6. The molecular formula is C18H16F3N3O5S. The number of nitro benzene ring substituents is 1. The summed E-state index contributed by atoms with van der Waals surface area (Å²) in [6, 6.07) is 4.48. The van der Waals surface area contributed by atoms with Gasteiger partial charge in [-0.2, -0.15) is 13.2 Å². The van der Waals surface area contributed by atoms with Crippen LogP contribution in [0.25, 0.3) is 0 Å². The van der Waals surface area contributed by atoms with Gasteiger partial charge in [0.25, 0.3) is 11.4 Å². The number of alkyl halides is 3. The molecule has 0 aliphatic carbocycles. The maximum Gasteiger partial charge on any atom is 0.437 e. The van der Waals surface area contributed by atoms with Crippen LogP contribution in [-0.2, 0) is 0 Å². The Morgan fingerprint density at radius 1 is 1.33 bits per heavy atom. The zero-order valence-corrected chi connectivity index (χ0v) is 16.2. The van der Waals surface area contributed by atoms with Crippen molar-refractivity contribution in [1.82, 2.24) is 10.2 Å². The Hall–Kier alpha value is -2.99. The van der Waals surface area contributed by atoms with Gasteiger partial charge in [-0.1, -0.05) is 24.3 Å². The first-order valence-corrected chi connectivity index (χ1v) is 9.60. The molecule has 1 fully saturated rings. The van der Waals surface area contributed by atoms with Gasteiger partial charge < -0.3 is 10.4 Å². The quantitative estimate of drug-likeness (QED) is 0.417. The van der Waals surface area contributed by atoms with Gasteiger partial charge in [0, 0.05) is 12.6 Å². The summed E-state index contributed by atoms with van der Waals surface area (Å²) in [7, 11) is 0. The summed E-state index contributed by atoms with van der Waals surface area (Å²) < 4.78 is 42.5. The van der Waals surface area contributed by atoms with Crippen molar-refractivity contribution < 1.29 is 32.8 Å². The smallest absolute Gasteiger partial charge is 0.363 e. The molecule has 3 rings (SSSR count). The van der Waals surface area contributed by atoms with Gasteiger partial charge in [-0.3, -0.25) is 19.8 Å². The Kier molecular flexibility index (Phi) is 5.56. The minimum Gasteiger partial charge on any atom is -0.363 e. The minimum atomic E-state index is -5.42. The lowest BCUT2D eigenvalue weighted by Crippen LogP contribution is -2.73. The fraction of sp³-hybridized carbons (Fsp3) is 0.333. The number of nitro groups is 1. The number of carbonyl (C=O) groups excluding carboxylic acids is 2. The number of carbonyl (C=O) groups is 2. The van der Waals surface area contributed by atoms with Crippen molar-refractivity contribution in [2.75, 3.05) is 6.54 Å². The molecule has 160 valence electrons. The van der Waals surface area contributed by atoms with Gasteiger partial charge in [0.1, 0.15) is 5.92 Å². The van der Waals surface area contributed by atoms with E-state index in [1.165, 1.54) is 36.6 Å². The number of Topliss-reactive ketones (excluding diaryl/α,β-unsaturated/α-hetero) is 1. The standard InChI is InChI=1S/C18H16F3N3O5S/c1-2-23-16(26)22-14(10-6-3-4-7-11(10)24(28)29)13(17(23,27)18(19,20)21)15(25)12-8-5-9-30-12/h3-9,13-14,27H,2H2,1H3,(H,22,26)/t13-,14-,17-/m1/s1. The number of urea groups is 1. The Morgan fingerprint density at radius 3 is 2.53 bits per heavy atom. The molecule has 2 aromatic rings. The number of nitrogens with zero attached hydrogens (tertiary/aromatic N) is 2. The summed E-state index contributed by atoms with van der Waals surface area (Å²) in [5.41, 5.74) is -4.77. The van der Waals surface area contributed by atoms with Crippen LogP contribution in [0.3, 0.4) is 0 Å². The third-order valence-electron chi connectivity index (χ3n) is 4.95.